The molecule has 0 saturated carbocycles. The largest absolute Gasteiger partial charge is 0.346 e. The highest BCUT2D eigenvalue weighted by Gasteiger charge is 2.02. The third-order valence-corrected chi connectivity index (χ3v) is 3.02. The van der Waals surface area contributed by atoms with E-state index in [1.807, 2.05) is 24.3 Å². The summed E-state index contributed by atoms with van der Waals surface area (Å²) in [5.74, 6) is -0.260. The molecule has 2 rings (SSSR count). The Balaban J connectivity index is 2.14. The third kappa shape index (κ3) is 3.35. The fourth-order valence-electron chi connectivity index (χ4n) is 1.37. The molecule has 0 radical (unpaired) electrons. The van der Waals surface area contributed by atoms with Crippen LogP contribution < -0.4 is 5.32 Å². The lowest BCUT2D eigenvalue weighted by Crippen LogP contribution is -2.10. The van der Waals surface area contributed by atoms with Crippen molar-refractivity contribution in [3.8, 4) is 0 Å². The summed E-state index contributed by atoms with van der Waals surface area (Å²) < 4.78 is 13.7. The summed E-state index contributed by atoms with van der Waals surface area (Å²) in [5.41, 5.74) is 1.69. The lowest BCUT2D eigenvalue weighted by atomic mass is 10.2. The van der Waals surface area contributed by atoms with Crippen molar-refractivity contribution in [2.24, 2.45) is 0 Å². The normalized spacial score (nSPS) is 10.0. The van der Waals surface area contributed by atoms with Crippen LogP contribution in [0.5, 0.6) is 0 Å². The van der Waals surface area contributed by atoms with Gasteiger partial charge in [-0.1, -0.05) is 40.3 Å². The van der Waals surface area contributed by atoms with Crippen LogP contribution in [0.2, 0.25) is 0 Å². The van der Waals surface area contributed by atoms with Gasteiger partial charge in [-0.05, 0) is 36.4 Å². The van der Waals surface area contributed by atoms with Crippen LogP contribution in [0, 0.1) is 5.82 Å². The van der Waals surface area contributed by atoms with Crippen LogP contribution in [0.4, 0.5) is 10.1 Å². The molecule has 17 heavy (non-hydrogen) atoms. The van der Waals surface area contributed by atoms with E-state index in [4.69, 9.17) is 12.2 Å². The Labute approximate surface area is 113 Å². The number of hydrogen-bond donors (Lipinski definition) is 1. The summed E-state index contributed by atoms with van der Waals surface area (Å²) in [4.78, 5) is 0.609. The van der Waals surface area contributed by atoms with E-state index in [1.54, 1.807) is 12.1 Å². The Bertz CT molecular complexity index is 539. The smallest absolute Gasteiger partial charge is 0.123 e. The molecule has 0 fully saturated rings. The van der Waals surface area contributed by atoms with Crippen molar-refractivity contribution in [3.05, 3.63) is 64.4 Å². The number of halogens is 2. The molecule has 0 bridgehead atoms. The van der Waals surface area contributed by atoms with Crippen molar-refractivity contribution in [2.75, 3.05) is 5.32 Å². The standard InChI is InChI=1S/C13H9BrFNS/c14-10-3-1-2-9(8-10)13(17)16-12-6-4-11(15)5-7-12/h1-8H,(H,16,17). The monoisotopic (exact) mass is 309 g/mol. The highest BCUT2D eigenvalue weighted by molar-refractivity contribution is 9.10. The molecule has 0 amide bonds. The van der Waals surface area contributed by atoms with Gasteiger partial charge in [0.25, 0.3) is 0 Å². The van der Waals surface area contributed by atoms with Crippen molar-refractivity contribution in [2.45, 2.75) is 0 Å². The summed E-state index contributed by atoms with van der Waals surface area (Å²) >= 11 is 8.66. The zero-order valence-electron chi connectivity index (χ0n) is 8.78. The molecule has 0 unspecified atom stereocenters. The second-order valence-electron chi connectivity index (χ2n) is 3.47. The van der Waals surface area contributed by atoms with Crippen molar-refractivity contribution in [1.29, 1.82) is 0 Å². The Morgan fingerprint density at radius 1 is 1.12 bits per heavy atom. The number of anilines is 1. The molecule has 1 N–H and O–H groups in total. The van der Waals surface area contributed by atoms with E-state index in [1.165, 1.54) is 12.1 Å². The maximum Gasteiger partial charge on any atom is 0.123 e. The van der Waals surface area contributed by atoms with Gasteiger partial charge < -0.3 is 5.32 Å². The zero-order valence-corrected chi connectivity index (χ0v) is 11.2. The topological polar surface area (TPSA) is 12.0 Å². The van der Waals surface area contributed by atoms with Gasteiger partial charge in [-0.15, -0.1) is 0 Å². The average molecular weight is 310 g/mol. The first-order chi connectivity index (χ1) is 8.15. The predicted molar refractivity (Wildman–Crippen MR) is 75.9 cm³/mol. The number of nitrogens with one attached hydrogen (secondary N) is 1. The van der Waals surface area contributed by atoms with Crippen molar-refractivity contribution in [1.82, 2.24) is 0 Å². The molecule has 0 aliphatic carbocycles. The molecule has 0 aliphatic rings. The molecular weight excluding hydrogens is 301 g/mol. The minimum absolute atomic E-state index is 0.260. The van der Waals surface area contributed by atoms with Crippen molar-refractivity contribution in [3.63, 3.8) is 0 Å². The van der Waals surface area contributed by atoms with Gasteiger partial charge >= 0.3 is 0 Å². The Morgan fingerprint density at radius 3 is 2.47 bits per heavy atom. The number of rotatable bonds is 2. The molecular formula is C13H9BrFNS. The van der Waals surface area contributed by atoms with E-state index in [2.05, 4.69) is 21.2 Å². The van der Waals surface area contributed by atoms with Gasteiger partial charge in [-0.2, -0.15) is 0 Å². The molecule has 2 aromatic rings. The number of benzene rings is 2. The van der Waals surface area contributed by atoms with Crippen LogP contribution in [0.3, 0.4) is 0 Å². The first kappa shape index (κ1) is 12.2. The maximum atomic E-state index is 12.7. The van der Waals surface area contributed by atoms with E-state index in [0.717, 1.165) is 15.7 Å². The summed E-state index contributed by atoms with van der Waals surface area (Å²) in [5, 5.41) is 3.06. The fourth-order valence-corrected chi connectivity index (χ4v) is 2.01. The van der Waals surface area contributed by atoms with Gasteiger partial charge in [0.05, 0.1) is 0 Å². The highest BCUT2D eigenvalue weighted by Crippen LogP contribution is 2.15. The molecule has 0 aliphatic heterocycles. The first-order valence-electron chi connectivity index (χ1n) is 4.97. The van der Waals surface area contributed by atoms with E-state index >= 15 is 0 Å². The van der Waals surface area contributed by atoms with Crippen LogP contribution in [0.25, 0.3) is 0 Å². The van der Waals surface area contributed by atoms with Gasteiger partial charge in [-0.25, -0.2) is 4.39 Å². The SMILES string of the molecule is Fc1ccc(NC(=S)c2cccc(Br)c2)cc1. The average Bonchev–Trinajstić information content (AvgIpc) is 2.32. The van der Waals surface area contributed by atoms with Crippen LogP contribution >= 0.6 is 28.1 Å². The molecule has 0 spiro atoms. The molecule has 1 nitrogen and oxygen atoms in total. The van der Waals surface area contributed by atoms with E-state index in [9.17, 15) is 4.39 Å². The first-order valence-corrected chi connectivity index (χ1v) is 6.18. The minimum Gasteiger partial charge on any atom is -0.346 e. The van der Waals surface area contributed by atoms with Gasteiger partial charge in [0, 0.05) is 15.7 Å². The molecule has 0 aromatic heterocycles. The molecule has 0 heterocycles. The summed E-state index contributed by atoms with van der Waals surface area (Å²) in [6.45, 7) is 0. The van der Waals surface area contributed by atoms with Crippen LogP contribution in [-0.4, -0.2) is 4.99 Å². The zero-order chi connectivity index (χ0) is 12.3. The summed E-state index contributed by atoms with van der Waals surface area (Å²) in [7, 11) is 0. The maximum absolute atomic E-state index is 12.7. The van der Waals surface area contributed by atoms with E-state index in [0.29, 0.717) is 4.99 Å². The van der Waals surface area contributed by atoms with Crippen LogP contribution in [-0.2, 0) is 0 Å². The Morgan fingerprint density at radius 2 is 1.82 bits per heavy atom. The van der Waals surface area contributed by atoms with Crippen LogP contribution in [0.15, 0.2) is 53.0 Å². The lowest BCUT2D eigenvalue weighted by Gasteiger charge is -2.08. The molecule has 4 heteroatoms. The predicted octanol–water partition coefficient (Wildman–Crippen LogP) is 4.38. The lowest BCUT2D eigenvalue weighted by molar-refractivity contribution is 0.628. The minimum atomic E-state index is -0.260. The van der Waals surface area contributed by atoms with Gasteiger partial charge in [0.15, 0.2) is 0 Å². The Kier molecular flexibility index (Phi) is 3.86. The summed E-state index contributed by atoms with van der Waals surface area (Å²) in [6, 6.07) is 13.8. The molecule has 86 valence electrons. The highest BCUT2D eigenvalue weighted by atomic mass is 79.9. The number of thiocarbonyl (C=S) groups is 1. The quantitative estimate of drug-likeness (QED) is 0.826. The van der Waals surface area contributed by atoms with Gasteiger partial charge in [0.1, 0.15) is 10.8 Å². The van der Waals surface area contributed by atoms with Crippen LogP contribution in [0.1, 0.15) is 5.56 Å². The fraction of sp³-hybridized carbons (Fsp3) is 0. The summed E-state index contributed by atoms with van der Waals surface area (Å²) in [6.07, 6.45) is 0. The van der Waals surface area contributed by atoms with Crippen molar-refractivity contribution >= 4 is 38.8 Å². The molecule has 0 saturated heterocycles. The van der Waals surface area contributed by atoms with E-state index in [-0.39, 0.29) is 5.82 Å². The Hall–Kier alpha value is -1.26. The second-order valence-corrected chi connectivity index (χ2v) is 4.80. The van der Waals surface area contributed by atoms with Crippen molar-refractivity contribution < 1.29 is 4.39 Å². The molecule has 0 atom stereocenters. The third-order valence-electron chi connectivity index (χ3n) is 2.19. The number of hydrogen-bond acceptors (Lipinski definition) is 1. The van der Waals surface area contributed by atoms with Gasteiger partial charge in [-0.3, -0.25) is 0 Å². The molecule has 2 aromatic carbocycles. The van der Waals surface area contributed by atoms with Gasteiger partial charge in [0.2, 0.25) is 0 Å². The second kappa shape index (κ2) is 5.38. The van der Waals surface area contributed by atoms with E-state index < -0.39 is 0 Å².